The molecule has 0 heterocycles. The summed E-state index contributed by atoms with van der Waals surface area (Å²) >= 11 is 8.44. The van der Waals surface area contributed by atoms with E-state index >= 15 is 0 Å². The van der Waals surface area contributed by atoms with E-state index in [4.69, 9.17) is 16.3 Å². The molecule has 0 atom stereocenters. The van der Waals surface area contributed by atoms with Gasteiger partial charge in [0.05, 0.1) is 11.1 Å². The van der Waals surface area contributed by atoms with Gasteiger partial charge in [-0.3, -0.25) is 0 Å². The molecule has 0 N–H and O–H groups in total. The zero-order chi connectivity index (χ0) is 10.6. The van der Waals surface area contributed by atoms with Crippen molar-refractivity contribution >= 4 is 27.5 Å². The maximum absolute atomic E-state index is 13.1. The molecule has 0 aliphatic carbocycles. The van der Waals surface area contributed by atoms with Gasteiger partial charge in [0.1, 0.15) is 5.82 Å². The smallest absolute Gasteiger partial charge is 0.169 e. The van der Waals surface area contributed by atoms with Crippen molar-refractivity contribution in [3.63, 3.8) is 0 Å². The summed E-state index contributed by atoms with van der Waals surface area (Å²) in [6, 6.07) is 1.93. The van der Waals surface area contributed by atoms with Crippen LogP contribution in [0.25, 0.3) is 0 Å². The molecule has 0 aromatic heterocycles. The van der Waals surface area contributed by atoms with Gasteiger partial charge in [0.25, 0.3) is 0 Å². The number of benzene rings is 1. The zero-order valence-corrected chi connectivity index (χ0v) is 9.54. The molecule has 0 spiro atoms. The lowest BCUT2D eigenvalue weighted by Crippen LogP contribution is -2.01. The molecule has 1 aromatic rings. The molecule has 0 aliphatic heterocycles. The molecule has 0 radical (unpaired) electrons. The molecular weight excluding hydrogens is 277 g/mol. The summed E-state index contributed by atoms with van der Waals surface area (Å²) in [5, 5.41) is 0. The lowest BCUT2D eigenvalue weighted by molar-refractivity contribution is 0.299. The van der Waals surface area contributed by atoms with E-state index in [1.165, 1.54) is 0 Å². The molecule has 0 saturated carbocycles. The third-order valence-electron chi connectivity index (χ3n) is 1.49. The van der Waals surface area contributed by atoms with Gasteiger partial charge in [-0.1, -0.05) is 0 Å². The van der Waals surface area contributed by atoms with Crippen LogP contribution in [0.15, 0.2) is 16.6 Å². The normalized spacial score (nSPS) is 10.3. The Balaban J connectivity index is 2.75. The summed E-state index contributed by atoms with van der Waals surface area (Å²) in [5.74, 6) is -0.887. The highest BCUT2D eigenvalue weighted by molar-refractivity contribution is 9.10. The molecule has 1 aromatic carbocycles. The number of alkyl halides is 1. The fourth-order valence-corrected chi connectivity index (χ4v) is 1.53. The first-order valence-corrected chi connectivity index (χ1v) is 5.31. The fraction of sp³-hybridized carbons (Fsp3) is 0.333. The Morgan fingerprint density at radius 1 is 1.36 bits per heavy atom. The van der Waals surface area contributed by atoms with Crippen molar-refractivity contribution in [3.8, 4) is 5.75 Å². The first-order chi connectivity index (χ1) is 6.65. The van der Waals surface area contributed by atoms with E-state index in [9.17, 15) is 8.78 Å². The Morgan fingerprint density at radius 2 is 2.07 bits per heavy atom. The Morgan fingerprint density at radius 3 is 2.64 bits per heavy atom. The van der Waals surface area contributed by atoms with Crippen LogP contribution < -0.4 is 4.74 Å². The molecule has 1 rings (SSSR count). The van der Waals surface area contributed by atoms with Crippen LogP contribution in [0.5, 0.6) is 5.75 Å². The summed E-state index contributed by atoms with van der Waals surface area (Å²) in [6.45, 7) is 0.310. The highest BCUT2D eigenvalue weighted by Crippen LogP contribution is 2.29. The summed E-state index contributed by atoms with van der Waals surface area (Å²) in [7, 11) is 0. The quantitative estimate of drug-likeness (QED) is 0.605. The van der Waals surface area contributed by atoms with Crippen LogP contribution in [0, 0.1) is 11.6 Å². The van der Waals surface area contributed by atoms with Crippen molar-refractivity contribution in [2.45, 2.75) is 6.42 Å². The Kier molecular flexibility index (Phi) is 4.62. The van der Waals surface area contributed by atoms with Crippen LogP contribution in [-0.4, -0.2) is 12.5 Å². The fourth-order valence-electron chi connectivity index (χ4n) is 0.896. The predicted molar refractivity (Wildman–Crippen MR) is 54.9 cm³/mol. The maximum atomic E-state index is 13.1. The molecule has 14 heavy (non-hydrogen) atoms. The minimum atomic E-state index is -0.716. The van der Waals surface area contributed by atoms with Gasteiger partial charge in [0.2, 0.25) is 0 Å². The van der Waals surface area contributed by atoms with Gasteiger partial charge in [-0.05, 0) is 28.4 Å². The van der Waals surface area contributed by atoms with Gasteiger partial charge in [-0.25, -0.2) is 8.78 Å². The lowest BCUT2D eigenvalue weighted by atomic mass is 10.3. The van der Waals surface area contributed by atoms with Crippen LogP contribution in [0.4, 0.5) is 8.78 Å². The van der Waals surface area contributed by atoms with Gasteiger partial charge < -0.3 is 4.74 Å². The SMILES string of the molecule is Fc1cc(F)c(OCCCCl)c(Br)c1. The van der Waals surface area contributed by atoms with E-state index < -0.39 is 11.6 Å². The highest BCUT2D eigenvalue weighted by atomic mass is 79.9. The topological polar surface area (TPSA) is 9.23 Å². The third kappa shape index (κ3) is 3.10. The van der Waals surface area contributed by atoms with Crippen molar-refractivity contribution in [1.29, 1.82) is 0 Å². The van der Waals surface area contributed by atoms with Crippen molar-refractivity contribution < 1.29 is 13.5 Å². The van der Waals surface area contributed by atoms with Gasteiger partial charge in [0, 0.05) is 11.9 Å². The van der Waals surface area contributed by atoms with Crippen LogP contribution >= 0.6 is 27.5 Å². The Labute approximate surface area is 94.1 Å². The molecule has 1 nitrogen and oxygen atoms in total. The number of rotatable bonds is 4. The molecule has 0 fully saturated rings. The van der Waals surface area contributed by atoms with Crippen LogP contribution in [-0.2, 0) is 0 Å². The minimum absolute atomic E-state index is 0.0246. The van der Waals surface area contributed by atoms with Crippen LogP contribution in [0.2, 0.25) is 0 Å². The van der Waals surface area contributed by atoms with Gasteiger partial charge in [-0.15, -0.1) is 11.6 Å². The molecular formula is C9H8BrClF2O. The first-order valence-electron chi connectivity index (χ1n) is 3.98. The number of hydrogen-bond acceptors (Lipinski definition) is 1. The van der Waals surface area contributed by atoms with E-state index in [0.29, 0.717) is 18.9 Å². The van der Waals surface area contributed by atoms with Gasteiger partial charge in [0.15, 0.2) is 11.6 Å². The summed E-state index contributed by atoms with van der Waals surface area (Å²) in [6.07, 6.45) is 0.616. The van der Waals surface area contributed by atoms with E-state index in [2.05, 4.69) is 15.9 Å². The average Bonchev–Trinajstić information content (AvgIpc) is 2.09. The molecule has 0 unspecified atom stereocenters. The second-order valence-corrected chi connectivity index (χ2v) is 3.82. The lowest BCUT2D eigenvalue weighted by Gasteiger charge is -2.08. The number of hydrogen-bond donors (Lipinski definition) is 0. The van der Waals surface area contributed by atoms with Gasteiger partial charge >= 0.3 is 0 Å². The monoisotopic (exact) mass is 284 g/mol. The van der Waals surface area contributed by atoms with Gasteiger partial charge in [-0.2, -0.15) is 0 Å². The maximum Gasteiger partial charge on any atom is 0.169 e. The standard InChI is InChI=1S/C9H8BrClF2O/c10-7-4-6(12)5-8(13)9(7)14-3-1-2-11/h4-5H,1-3H2. The van der Waals surface area contributed by atoms with Crippen molar-refractivity contribution in [1.82, 2.24) is 0 Å². The molecule has 0 aliphatic rings. The minimum Gasteiger partial charge on any atom is -0.489 e. The summed E-state index contributed by atoms with van der Waals surface area (Å²) < 4.78 is 31.1. The zero-order valence-electron chi connectivity index (χ0n) is 7.20. The van der Waals surface area contributed by atoms with Crippen molar-refractivity contribution in [2.75, 3.05) is 12.5 Å². The van der Waals surface area contributed by atoms with E-state index in [0.717, 1.165) is 12.1 Å². The highest BCUT2D eigenvalue weighted by Gasteiger charge is 2.10. The summed E-state index contributed by atoms with van der Waals surface area (Å²) in [5.41, 5.74) is 0. The Bertz CT molecular complexity index is 297. The van der Waals surface area contributed by atoms with Crippen LogP contribution in [0.3, 0.4) is 0 Å². The molecule has 0 bridgehead atoms. The third-order valence-corrected chi connectivity index (χ3v) is 2.34. The largest absolute Gasteiger partial charge is 0.489 e. The molecule has 78 valence electrons. The predicted octanol–water partition coefficient (Wildman–Crippen LogP) is 3.74. The Hall–Kier alpha value is -0.350. The number of halogens is 4. The number of ether oxygens (including phenoxy) is 1. The molecule has 0 saturated heterocycles. The van der Waals surface area contributed by atoms with Crippen molar-refractivity contribution in [2.24, 2.45) is 0 Å². The van der Waals surface area contributed by atoms with E-state index in [1.54, 1.807) is 0 Å². The molecule has 0 amide bonds. The first kappa shape index (κ1) is 11.7. The second kappa shape index (κ2) is 5.51. The average molecular weight is 286 g/mol. The van der Waals surface area contributed by atoms with Crippen molar-refractivity contribution in [3.05, 3.63) is 28.2 Å². The second-order valence-electron chi connectivity index (χ2n) is 2.59. The summed E-state index contributed by atoms with van der Waals surface area (Å²) in [4.78, 5) is 0. The van der Waals surface area contributed by atoms with E-state index in [1.807, 2.05) is 0 Å². The van der Waals surface area contributed by atoms with E-state index in [-0.39, 0.29) is 10.2 Å². The molecule has 5 heteroatoms. The van der Waals surface area contributed by atoms with Crippen LogP contribution in [0.1, 0.15) is 6.42 Å².